The molecular formula is C15H22Cl2N2O. The zero-order valence-electron chi connectivity index (χ0n) is 12.0. The molecule has 1 heterocycles. The van der Waals surface area contributed by atoms with Crippen molar-refractivity contribution < 1.29 is 4.79 Å². The number of carbonyl (C=O) groups excluding carboxylic acids is 1. The average Bonchev–Trinajstić information content (AvgIpc) is 2.37. The first-order valence-corrected chi connectivity index (χ1v) is 7.18. The zero-order chi connectivity index (χ0) is 14.0. The van der Waals surface area contributed by atoms with Crippen LogP contribution < -0.4 is 5.73 Å². The van der Waals surface area contributed by atoms with Crippen LogP contribution in [0.15, 0.2) is 18.2 Å². The monoisotopic (exact) mass is 316 g/mol. The number of amides is 1. The highest BCUT2D eigenvalue weighted by atomic mass is 35.5. The standard InChI is InChI=1S/C15H21ClN2O.ClH/c1-3-8-15(2,17)14(19)18-9-7-12-11(10-18)5-4-6-13(12)16;/h4-6H,3,7-10,17H2,1-2H3;1H. The van der Waals surface area contributed by atoms with Crippen LogP contribution in [0.5, 0.6) is 0 Å². The van der Waals surface area contributed by atoms with E-state index in [0.717, 1.165) is 23.4 Å². The van der Waals surface area contributed by atoms with Crippen LogP contribution in [0.3, 0.4) is 0 Å². The van der Waals surface area contributed by atoms with Crippen LogP contribution in [0.4, 0.5) is 0 Å². The average molecular weight is 317 g/mol. The third-order valence-corrected chi connectivity index (χ3v) is 4.11. The molecule has 1 aliphatic rings. The van der Waals surface area contributed by atoms with Crippen LogP contribution in [0.25, 0.3) is 0 Å². The van der Waals surface area contributed by atoms with E-state index in [4.69, 9.17) is 17.3 Å². The predicted molar refractivity (Wildman–Crippen MR) is 85.3 cm³/mol. The lowest BCUT2D eigenvalue weighted by molar-refractivity contribution is -0.137. The lowest BCUT2D eigenvalue weighted by atomic mass is 9.93. The van der Waals surface area contributed by atoms with E-state index in [0.29, 0.717) is 19.5 Å². The number of carbonyl (C=O) groups is 1. The van der Waals surface area contributed by atoms with Gasteiger partial charge in [0.1, 0.15) is 0 Å². The molecule has 0 saturated carbocycles. The van der Waals surface area contributed by atoms with E-state index in [1.165, 1.54) is 5.56 Å². The fraction of sp³-hybridized carbons (Fsp3) is 0.533. The van der Waals surface area contributed by atoms with Crippen LogP contribution in [0, 0.1) is 0 Å². The van der Waals surface area contributed by atoms with Crippen molar-refractivity contribution in [3.05, 3.63) is 34.3 Å². The van der Waals surface area contributed by atoms with Crippen molar-refractivity contribution >= 4 is 29.9 Å². The number of nitrogens with two attached hydrogens (primary N) is 1. The van der Waals surface area contributed by atoms with Crippen molar-refractivity contribution in [3.63, 3.8) is 0 Å². The van der Waals surface area contributed by atoms with Gasteiger partial charge in [0.25, 0.3) is 0 Å². The molecular weight excluding hydrogens is 295 g/mol. The molecule has 0 radical (unpaired) electrons. The van der Waals surface area contributed by atoms with Gasteiger partial charge < -0.3 is 10.6 Å². The number of benzene rings is 1. The molecule has 0 aromatic heterocycles. The summed E-state index contributed by atoms with van der Waals surface area (Å²) in [6.07, 6.45) is 2.43. The highest BCUT2D eigenvalue weighted by Crippen LogP contribution is 2.27. The first-order chi connectivity index (χ1) is 8.95. The first kappa shape index (κ1) is 17.3. The van der Waals surface area contributed by atoms with Gasteiger partial charge in [0.15, 0.2) is 0 Å². The molecule has 20 heavy (non-hydrogen) atoms. The summed E-state index contributed by atoms with van der Waals surface area (Å²) in [6.45, 7) is 5.19. The second-order valence-corrected chi connectivity index (χ2v) is 5.93. The largest absolute Gasteiger partial charge is 0.336 e. The molecule has 0 spiro atoms. The quantitative estimate of drug-likeness (QED) is 0.931. The Hall–Kier alpha value is -0.770. The van der Waals surface area contributed by atoms with Crippen molar-refractivity contribution in [2.75, 3.05) is 6.54 Å². The van der Waals surface area contributed by atoms with E-state index in [1.54, 1.807) is 0 Å². The number of nitrogens with zero attached hydrogens (tertiary/aromatic N) is 1. The maximum atomic E-state index is 12.5. The van der Waals surface area contributed by atoms with E-state index in [2.05, 4.69) is 0 Å². The van der Waals surface area contributed by atoms with Crippen LogP contribution >= 0.6 is 24.0 Å². The molecule has 1 aliphatic heterocycles. The fourth-order valence-corrected chi connectivity index (χ4v) is 3.01. The lowest BCUT2D eigenvalue weighted by Gasteiger charge is -2.35. The first-order valence-electron chi connectivity index (χ1n) is 6.80. The predicted octanol–water partition coefficient (Wildman–Crippen LogP) is 3.16. The SMILES string of the molecule is CCCC(C)(N)C(=O)N1CCc2c(Cl)cccc2C1.Cl. The molecule has 2 N–H and O–H groups in total. The fourth-order valence-electron chi connectivity index (χ4n) is 2.72. The summed E-state index contributed by atoms with van der Waals surface area (Å²) in [4.78, 5) is 14.3. The third-order valence-electron chi connectivity index (χ3n) is 3.75. The minimum Gasteiger partial charge on any atom is -0.336 e. The molecule has 0 fully saturated rings. The summed E-state index contributed by atoms with van der Waals surface area (Å²) in [7, 11) is 0. The molecule has 5 heteroatoms. The lowest BCUT2D eigenvalue weighted by Crippen LogP contribution is -2.54. The Morgan fingerprint density at radius 1 is 1.50 bits per heavy atom. The van der Waals surface area contributed by atoms with Gasteiger partial charge in [0, 0.05) is 18.1 Å². The molecule has 0 aliphatic carbocycles. The van der Waals surface area contributed by atoms with E-state index in [1.807, 2.05) is 36.9 Å². The Morgan fingerprint density at radius 3 is 2.85 bits per heavy atom. The van der Waals surface area contributed by atoms with Crippen LogP contribution in [-0.2, 0) is 17.8 Å². The van der Waals surface area contributed by atoms with E-state index < -0.39 is 5.54 Å². The molecule has 112 valence electrons. The van der Waals surface area contributed by atoms with E-state index in [9.17, 15) is 4.79 Å². The number of hydrogen-bond donors (Lipinski definition) is 1. The minimum atomic E-state index is -0.759. The summed E-state index contributed by atoms with van der Waals surface area (Å²) in [6, 6.07) is 5.87. The molecule has 2 rings (SSSR count). The molecule has 1 atom stereocenters. The van der Waals surface area contributed by atoms with Gasteiger partial charge in [-0.25, -0.2) is 0 Å². The summed E-state index contributed by atoms with van der Waals surface area (Å²) in [5.41, 5.74) is 7.68. The summed E-state index contributed by atoms with van der Waals surface area (Å²) in [5, 5.41) is 0.800. The van der Waals surface area contributed by atoms with E-state index in [-0.39, 0.29) is 18.3 Å². The van der Waals surface area contributed by atoms with Gasteiger partial charge in [-0.05, 0) is 37.0 Å². The molecule has 1 unspecified atom stereocenters. The topological polar surface area (TPSA) is 46.3 Å². The van der Waals surface area contributed by atoms with Crippen molar-refractivity contribution in [2.24, 2.45) is 5.73 Å². The van der Waals surface area contributed by atoms with Crippen LogP contribution in [0.2, 0.25) is 5.02 Å². The third kappa shape index (κ3) is 3.46. The van der Waals surface area contributed by atoms with Gasteiger partial charge in [-0.1, -0.05) is 37.1 Å². The number of fused-ring (bicyclic) bond motifs is 1. The number of halogens is 2. The summed E-state index contributed by atoms with van der Waals surface area (Å²) >= 11 is 6.18. The Labute approximate surface area is 131 Å². The maximum absolute atomic E-state index is 12.5. The van der Waals surface area contributed by atoms with Gasteiger partial charge in [-0.2, -0.15) is 0 Å². The van der Waals surface area contributed by atoms with Crippen LogP contribution in [0.1, 0.15) is 37.8 Å². The number of rotatable bonds is 3. The second-order valence-electron chi connectivity index (χ2n) is 5.52. The summed E-state index contributed by atoms with van der Waals surface area (Å²) in [5.74, 6) is 0.0416. The van der Waals surface area contributed by atoms with Gasteiger partial charge in [0.05, 0.1) is 5.54 Å². The molecule has 0 saturated heterocycles. The highest BCUT2D eigenvalue weighted by molar-refractivity contribution is 6.31. The Balaban J connectivity index is 0.00000200. The number of hydrogen-bond acceptors (Lipinski definition) is 2. The van der Waals surface area contributed by atoms with Gasteiger partial charge in [-0.15, -0.1) is 12.4 Å². The molecule has 0 bridgehead atoms. The summed E-state index contributed by atoms with van der Waals surface area (Å²) < 4.78 is 0. The van der Waals surface area contributed by atoms with Crippen molar-refractivity contribution in [1.29, 1.82) is 0 Å². The Morgan fingerprint density at radius 2 is 2.20 bits per heavy atom. The van der Waals surface area contributed by atoms with Gasteiger partial charge in [0.2, 0.25) is 5.91 Å². The second kappa shape index (κ2) is 6.79. The molecule has 1 amide bonds. The van der Waals surface area contributed by atoms with Gasteiger partial charge in [-0.3, -0.25) is 4.79 Å². The smallest absolute Gasteiger partial charge is 0.242 e. The van der Waals surface area contributed by atoms with E-state index >= 15 is 0 Å². The Kier molecular flexibility index (Phi) is 5.87. The molecule has 3 nitrogen and oxygen atoms in total. The zero-order valence-corrected chi connectivity index (χ0v) is 13.6. The molecule has 1 aromatic rings. The maximum Gasteiger partial charge on any atom is 0.242 e. The molecule has 1 aromatic carbocycles. The highest BCUT2D eigenvalue weighted by Gasteiger charge is 2.33. The van der Waals surface area contributed by atoms with Crippen LogP contribution in [-0.4, -0.2) is 22.9 Å². The normalized spacial score (nSPS) is 16.9. The van der Waals surface area contributed by atoms with Crippen molar-refractivity contribution in [2.45, 2.75) is 45.2 Å². The van der Waals surface area contributed by atoms with Gasteiger partial charge >= 0.3 is 0 Å². The Bertz CT molecular complexity index is 489. The minimum absolute atomic E-state index is 0. The van der Waals surface area contributed by atoms with Crippen molar-refractivity contribution in [3.8, 4) is 0 Å². The van der Waals surface area contributed by atoms with Crippen molar-refractivity contribution in [1.82, 2.24) is 4.90 Å².